The maximum absolute atomic E-state index is 11.5. The highest BCUT2D eigenvalue weighted by Crippen LogP contribution is 2.40. The summed E-state index contributed by atoms with van der Waals surface area (Å²) in [5.41, 5.74) is 3.63. The van der Waals surface area contributed by atoms with Crippen molar-refractivity contribution in [3.8, 4) is 11.5 Å². The number of hydrogen-bond acceptors (Lipinski definition) is 6. The Morgan fingerprint density at radius 1 is 1.21 bits per heavy atom. The molecule has 1 aliphatic rings. The first-order chi connectivity index (χ1) is 11.3. The number of rotatable bonds is 4. The van der Waals surface area contributed by atoms with Crippen molar-refractivity contribution in [3.63, 3.8) is 0 Å². The number of ether oxygens (including phenoxy) is 1. The van der Waals surface area contributed by atoms with E-state index in [2.05, 4.69) is 9.88 Å². The summed E-state index contributed by atoms with van der Waals surface area (Å²) in [4.78, 5) is 6.70. The summed E-state index contributed by atoms with van der Waals surface area (Å²) < 4.78 is 33.5. The first kappa shape index (κ1) is 16.6. The van der Waals surface area contributed by atoms with E-state index in [-0.39, 0.29) is 0 Å². The molecule has 1 aromatic heterocycles. The number of hydrogen-bond donors (Lipinski definition) is 0. The Hall–Kier alpha value is -2.28. The largest absolute Gasteiger partial charge is 0.497 e. The van der Waals surface area contributed by atoms with Crippen LogP contribution in [-0.2, 0) is 16.5 Å². The maximum Gasteiger partial charge on any atom is 0.306 e. The molecule has 0 fully saturated rings. The molecule has 2 aromatic rings. The highest BCUT2D eigenvalue weighted by Gasteiger charge is 2.28. The van der Waals surface area contributed by atoms with Crippen molar-refractivity contribution in [2.24, 2.45) is 0 Å². The second-order valence-corrected chi connectivity index (χ2v) is 7.48. The molecular weight excluding hydrogens is 328 g/mol. The van der Waals surface area contributed by atoms with Crippen LogP contribution in [0.25, 0.3) is 0 Å². The molecular formula is C17H20N2O4S. The van der Waals surface area contributed by atoms with Crippen LogP contribution in [0, 0.1) is 13.8 Å². The molecule has 0 saturated carbocycles. The Morgan fingerprint density at radius 3 is 2.58 bits per heavy atom. The molecule has 0 saturated heterocycles. The summed E-state index contributed by atoms with van der Waals surface area (Å²) in [5, 5.41) is 0. The van der Waals surface area contributed by atoms with Gasteiger partial charge in [0.1, 0.15) is 11.6 Å². The lowest BCUT2D eigenvalue weighted by molar-refractivity contribution is 0.414. The summed E-state index contributed by atoms with van der Waals surface area (Å²) in [7, 11) is -1.94. The van der Waals surface area contributed by atoms with Crippen molar-refractivity contribution in [2.45, 2.75) is 20.3 Å². The molecule has 0 aliphatic carbocycles. The fourth-order valence-electron chi connectivity index (χ4n) is 2.97. The van der Waals surface area contributed by atoms with Gasteiger partial charge in [-0.05, 0) is 44.0 Å². The summed E-state index contributed by atoms with van der Waals surface area (Å²) in [5.74, 6) is 1.92. The molecule has 0 amide bonds. The second-order valence-electron chi connectivity index (χ2n) is 5.91. The van der Waals surface area contributed by atoms with E-state index in [4.69, 9.17) is 8.92 Å². The van der Waals surface area contributed by atoms with E-state index in [0.29, 0.717) is 17.9 Å². The third-order valence-electron chi connectivity index (χ3n) is 3.97. The minimum Gasteiger partial charge on any atom is -0.497 e. The Kier molecular flexibility index (Phi) is 4.13. The Labute approximate surface area is 142 Å². The van der Waals surface area contributed by atoms with Crippen molar-refractivity contribution in [3.05, 3.63) is 41.1 Å². The summed E-state index contributed by atoms with van der Waals surface area (Å²) in [6, 6.07) is 7.54. The topological polar surface area (TPSA) is 68.7 Å². The normalized spacial score (nSPS) is 13.8. The molecule has 1 aliphatic heterocycles. The molecule has 7 heteroatoms. The quantitative estimate of drug-likeness (QED) is 0.792. The summed E-state index contributed by atoms with van der Waals surface area (Å²) in [6.07, 6.45) is 1.73. The Balaban J connectivity index is 2.06. The van der Waals surface area contributed by atoms with Crippen LogP contribution in [0.2, 0.25) is 0 Å². The van der Waals surface area contributed by atoms with Crippen LogP contribution in [0.15, 0.2) is 24.3 Å². The number of aromatic nitrogens is 1. The van der Waals surface area contributed by atoms with Gasteiger partial charge in [-0.15, -0.1) is 0 Å². The average molecular weight is 348 g/mol. The van der Waals surface area contributed by atoms with Gasteiger partial charge < -0.3 is 13.8 Å². The standard InChI is InChI=1S/C17H20N2O4S/c1-11-9-13(22-3)5-6-15(11)19-8-7-14-16(23-24(4,20)21)10-12(2)18-17(14)19/h5-6,9-10H,7-8H2,1-4H3. The average Bonchev–Trinajstić information content (AvgIpc) is 2.89. The monoisotopic (exact) mass is 348 g/mol. The molecule has 1 aromatic carbocycles. The van der Waals surface area contributed by atoms with Crippen molar-refractivity contribution in [1.82, 2.24) is 4.98 Å². The third-order valence-corrected chi connectivity index (χ3v) is 4.45. The van der Waals surface area contributed by atoms with Crippen LogP contribution < -0.4 is 13.8 Å². The van der Waals surface area contributed by atoms with Crippen LogP contribution in [0.3, 0.4) is 0 Å². The molecule has 128 valence electrons. The van der Waals surface area contributed by atoms with Crippen molar-refractivity contribution < 1.29 is 17.3 Å². The van der Waals surface area contributed by atoms with Crippen LogP contribution >= 0.6 is 0 Å². The number of benzene rings is 1. The van der Waals surface area contributed by atoms with Crippen LogP contribution in [-0.4, -0.2) is 33.3 Å². The summed E-state index contributed by atoms with van der Waals surface area (Å²) >= 11 is 0. The Bertz CT molecular complexity index is 894. The van der Waals surface area contributed by atoms with Crippen molar-refractivity contribution >= 4 is 21.6 Å². The summed E-state index contributed by atoms with van der Waals surface area (Å²) in [6.45, 7) is 4.56. The van der Waals surface area contributed by atoms with Crippen LogP contribution in [0.4, 0.5) is 11.5 Å². The van der Waals surface area contributed by atoms with Gasteiger partial charge in [0.05, 0.1) is 13.4 Å². The van der Waals surface area contributed by atoms with E-state index in [0.717, 1.165) is 41.2 Å². The molecule has 0 unspecified atom stereocenters. The number of anilines is 2. The van der Waals surface area contributed by atoms with Crippen molar-refractivity contribution in [1.29, 1.82) is 0 Å². The number of pyridine rings is 1. The highest BCUT2D eigenvalue weighted by atomic mass is 32.2. The van der Waals surface area contributed by atoms with Gasteiger partial charge in [0.2, 0.25) is 0 Å². The third kappa shape index (κ3) is 3.17. The molecule has 2 heterocycles. The van der Waals surface area contributed by atoms with Gasteiger partial charge >= 0.3 is 10.1 Å². The van der Waals surface area contributed by atoms with Crippen LogP contribution in [0.5, 0.6) is 11.5 Å². The predicted molar refractivity (Wildman–Crippen MR) is 92.9 cm³/mol. The second kappa shape index (κ2) is 5.98. The first-order valence-electron chi connectivity index (χ1n) is 7.60. The zero-order chi connectivity index (χ0) is 17.5. The predicted octanol–water partition coefficient (Wildman–Crippen LogP) is 2.74. The van der Waals surface area contributed by atoms with Gasteiger partial charge in [0.25, 0.3) is 0 Å². The molecule has 6 nitrogen and oxygen atoms in total. The zero-order valence-electron chi connectivity index (χ0n) is 14.2. The molecule has 0 N–H and O–H groups in total. The van der Waals surface area contributed by atoms with E-state index >= 15 is 0 Å². The number of nitrogens with zero attached hydrogens (tertiary/aromatic N) is 2. The van der Waals surface area contributed by atoms with Gasteiger partial charge in [0, 0.05) is 29.6 Å². The van der Waals surface area contributed by atoms with E-state index in [9.17, 15) is 8.42 Å². The number of methoxy groups -OCH3 is 1. The fourth-order valence-corrected chi connectivity index (χ4v) is 3.45. The maximum atomic E-state index is 11.5. The minimum atomic E-state index is -3.58. The number of aryl methyl sites for hydroxylation is 2. The van der Waals surface area contributed by atoms with Gasteiger partial charge in [0.15, 0.2) is 5.75 Å². The number of fused-ring (bicyclic) bond motifs is 1. The molecule has 0 radical (unpaired) electrons. The molecule has 24 heavy (non-hydrogen) atoms. The van der Waals surface area contributed by atoms with Gasteiger partial charge in [-0.25, -0.2) is 4.98 Å². The highest BCUT2D eigenvalue weighted by molar-refractivity contribution is 7.86. The molecule has 0 spiro atoms. The smallest absolute Gasteiger partial charge is 0.306 e. The minimum absolute atomic E-state index is 0.369. The molecule has 0 atom stereocenters. The van der Waals surface area contributed by atoms with Gasteiger partial charge in [-0.1, -0.05) is 0 Å². The lowest BCUT2D eigenvalue weighted by atomic mass is 10.1. The van der Waals surface area contributed by atoms with E-state index < -0.39 is 10.1 Å². The van der Waals surface area contributed by atoms with Crippen LogP contribution in [0.1, 0.15) is 16.8 Å². The van der Waals surface area contributed by atoms with E-state index in [1.54, 1.807) is 13.2 Å². The Morgan fingerprint density at radius 2 is 1.96 bits per heavy atom. The lowest BCUT2D eigenvalue weighted by Gasteiger charge is -2.21. The first-order valence-corrected chi connectivity index (χ1v) is 9.42. The van der Waals surface area contributed by atoms with E-state index in [1.165, 1.54) is 0 Å². The zero-order valence-corrected chi connectivity index (χ0v) is 15.0. The SMILES string of the molecule is COc1ccc(N2CCc3c(OS(C)(=O)=O)cc(C)nc32)c(C)c1. The van der Waals surface area contributed by atoms with Gasteiger partial charge in [-0.3, -0.25) is 0 Å². The van der Waals surface area contributed by atoms with Gasteiger partial charge in [-0.2, -0.15) is 8.42 Å². The molecule has 0 bridgehead atoms. The molecule has 3 rings (SSSR count). The van der Waals surface area contributed by atoms with Crippen molar-refractivity contribution in [2.75, 3.05) is 24.8 Å². The lowest BCUT2D eigenvalue weighted by Crippen LogP contribution is -2.16. The van der Waals surface area contributed by atoms with E-state index in [1.807, 2.05) is 32.0 Å². The fraction of sp³-hybridized carbons (Fsp3) is 0.353.